The van der Waals surface area contributed by atoms with Crippen molar-refractivity contribution < 1.29 is 95.5 Å². The number of hydrogen-bond donors (Lipinski definition) is 2. The Kier molecular flexibility index (Phi) is 43.0. The lowest BCUT2D eigenvalue weighted by Gasteiger charge is -2.29. The van der Waals surface area contributed by atoms with Crippen LogP contribution in [0.3, 0.4) is 0 Å². The summed E-state index contributed by atoms with van der Waals surface area (Å²) >= 11 is 0. The second-order valence-corrected chi connectivity index (χ2v) is 21.5. The maximum atomic E-state index is 11.8. The zero-order valence-electron chi connectivity index (χ0n) is 57.4. The largest absolute Gasteiger partial charge is 0.423 e. The van der Waals surface area contributed by atoms with E-state index in [4.69, 9.17) is 18.9 Å². The molecule has 3 aromatic carbocycles. The second-order valence-electron chi connectivity index (χ2n) is 21.5. The van der Waals surface area contributed by atoms with Crippen molar-refractivity contribution in [1.29, 1.82) is 0 Å². The Labute approximate surface area is 567 Å². The number of carbonyl (C=O) groups is 13. The number of ether oxygens (including phenoxy) is 7. The summed E-state index contributed by atoms with van der Waals surface area (Å²) in [7, 11) is 0. The molecule has 27 heteroatoms. The lowest BCUT2D eigenvalue weighted by atomic mass is 10.2. The van der Waals surface area contributed by atoms with Gasteiger partial charge in [-0.2, -0.15) is 0 Å². The number of Topliss-reactive ketones (excluding diaryl/α,β-unsaturated/α-hetero) is 4. The molecule has 26 nitrogen and oxygen atoms in total. The van der Waals surface area contributed by atoms with Crippen molar-refractivity contribution in [3.63, 3.8) is 0 Å². The van der Waals surface area contributed by atoms with Gasteiger partial charge in [0, 0.05) is 92.3 Å². The number of halogens is 1. The van der Waals surface area contributed by atoms with E-state index in [1.165, 1.54) is 156 Å². The number of para-hydroxylation sites is 3. The van der Waals surface area contributed by atoms with Gasteiger partial charge in [0.15, 0.2) is 0 Å². The van der Waals surface area contributed by atoms with Crippen molar-refractivity contribution in [2.24, 2.45) is 4.99 Å². The number of allylic oxidation sites excluding steroid dienone is 5. The number of carbonyl (C=O) groups excluding carboxylic acids is 13. The summed E-state index contributed by atoms with van der Waals surface area (Å²) in [5.41, 5.74) is 2.22. The number of benzene rings is 3. The minimum absolute atomic E-state index is 0. The number of nitrogens with one attached hydrogen (secondary N) is 2. The standard InChI is InChI=1S/C17H17NO5.C15H14N2.C15H19NO6.C6H11NO2.C6H15N.C6H8O4.C4H6O3.ClH/c1-12(19)18(13-8-5-4-6-9-13)11-7-10-14-15(20)22-17(2,3)23-16(14)21;1-3-8-14(9-4-1)16-12-7-13-17-15-10-5-2-6-11-15;1-10(17)8-16(9-11(2)18)7-5-6-12-13(19)21-15(3,4)22-14(12)20;1-5(8)3-7-4-6(2)9;1-4-7(5-2)6-3;1-6(2)9-4(7)3-5(8)10-6;1-3(5)7-4(2)6;/h4-11H,1-3H3;1-13,16H;5-7H,8-9H2,1-4H3;7H,3-4H2,1-2H3;4-6H2,1-3H3;3H2,1-2H3;1-2H3;1H/b11-7+;12-7+,17-13?;7-5+;;;;;. The molecule has 2 N–H and O–H groups in total. The molecule has 0 spiro atoms. The van der Waals surface area contributed by atoms with E-state index in [-0.39, 0.29) is 72.1 Å². The van der Waals surface area contributed by atoms with Gasteiger partial charge >= 0.3 is 47.8 Å². The number of anilines is 2. The summed E-state index contributed by atoms with van der Waals surface area (Å²) in [6.07, 6.45) is 13.5. The molecule has 0 saturated carbocycles. The molecule has 3 saturated heterocycles. The van der Waals surface area contributed by atoms with E-state index in [0.29, 0.717) is 18.8 Å². The van der Waals surface area contributed by atoms with Gasteiger partial charge < -0.3 is 53.6 Å². The van der Waals surface area contributed by atoms with Gasteiger partial charge in [-0.3, -0.25) is 53.0 Å². The van der Waals surface area contributed by atoms with E-state index in [0.717, 1.165) is 11.4 Å². The summed E-state index contributed by atoms with van der Waals surface area (Å²) in [4.78, 5) is 152. The van der Waals surface area contributed by atoms with Gasteiger partial charge in [0.25, 0.3) is 17.4 Å². The lowest BCUT2D eigenvalue weighted by molar-refractivity contribution is -0.232. The van der Waals surface area contributed by atoms with Crippen LogP contribution in [-0.4, -0.2) is 156 Å². The number of esters is 8. The van der Waals surface area contributed by atoms with Gasteiger partial charge in [0.05, 0.1) is 31.9 Å². The molecular weight excluding hydrogens is 1270 g/mol. The van der Waals surface area contributed by atoms with Gasteiger partial charge in [-0.05, 0) is 120 Å². The molecule has 0 atom stereocenters. The SMILES string of the molecule is C(/C=C/Nc1ccccc1)=Nc1ccccc1.CC(=O)CN(/C=C/C=C1C(=O)OC(C)(C)OC1=O)CC(C)=O.CC(=O)CNCC(C)=O.CC(=O)N(/C=C/C=C1C(=O)OC(C)(C)OC1=O)c1ccccc1.CC(=O)OC(C)=O.CC1(C)OC(=O)CC(=O)O1.CCN(CC)CC.Cl. The van der Waals surface area contributed by atoms with Crippen LogP contribution in [0, 0.1) is 0 Å². The molecule has 524 valence electrons. The van der Waals surface area contributed by atoms with E-state index in [1.54, 1.807) is 30.5 Å². The third-order valence-electron chi connectivity index (χ3n) is 11.1. The van der Waals surface area contributed by atoms with Gasteiger partial charge in [-0.25, -0.2) is 19.2 Å². The number of ketones is 4. The molecule has 3 aliphatic rings. The fraction of sp³-hybridized carbons (Fsp3) is 0.391. The highest BCUT2D eigenvalue weighted by Crippen LogP contribution is 2.24. The van der Waals surface area contributed by atoms with Crippen molar-refractivity contribution in [2.45, 2.75) is 135 Å². The number of amides is 1. The summed E-state index contributed by atoms with van der Waals surface area (Å²) < 4.78 is 33.1. The van der Waals surface area contributed by atoms with Crippen molar-refractivity contribution in [3.8, 4) is 0 Å². The molecule has 3 fully saturated rings. The highest BCUT2D eigenvalue weighted by Gasteiger charge is 2.40. The monoisotopic (exact) mass is 1360 g/mol. The number of nitrogens with zero attached hydrogens (tertiary/aromatic N) is 4. The normalized spacial score (nSPS) is 14.5. The lowest BCUT2D eigenvalue weighted by Crippen LogP contribution is -2.41. The van der Waals surface area contributed by atoms with Crippen LogP contribution in [0.25, 0.3) is 0 Å². The molecule has 0 aromatic heterocycles. The maximum absolute atomic E-state index is 11.8. The second kappa shape index (κ2) is 46.9. The van der Waals surface area contributed by atoms with Gasteiger partial charge in [0.1, 0.15) is 40.7 Å². The first-order chi connectivity index (χ1) is 44.4. The molecule has 0 unspecified atom stereocenters. The van der Waals surface area contributed by atoms with Gasteiger partial charge in [0.2, 0.25) is 5.91 Å². The zero-order valence-corrected chi connectivity index (χ0v) is 58.2. The predicted octanol–water partition coefficient (Wildman–Crippen LogP) is 8.91. The van der Waals surface area contributed by atoms with Crippen molar-refractivity contribution in [1.82, 2.24) is 15.1 Å². The Morgan fingerprint density at radius 3 is 1.22 bits per heavy atom. The Hall–Kier alpha value is -10.1. The van der Waals surface area contributed by atoms with E-state index >= 15 is 0 Å². The number of rotatable bonds is 20. The molecule has 3 aromatic rings. The first-order valence-corrected chi connectivity index (χ1v) is 29.8. The minimum atomic E-state index is -1.29. The minimum Gasteiger partial charge on any atom is -0.423 e. The van der Waals surface area contributed by atoms with Crippen LogP contribution in [0.15, 0.2) is 156 Å². The van der Waals surface area contributed by atoms with Crippen LogP contribution in [-0.2, 0) is 95.5 Å². The van der Waals surface area contributed by atoms with E-state index in [2.05, 4.69) is 55.5 Å². The molecule has 3 heterocycles. The van der Waals surface area contributed by atoms with Gasteiger partial charge in [-0.15, -0.1) is 12.4 Å². The first kappa shape index (κ1) is 88.0. The van der Waals surface area contributed by atoms with Crippen LogP contribution in [0.1, 0.15) is 117 Å². The highest BCUT2D eigenvalue weighted by atomic mass is 35.5. The quantitative estimate of drug-likeness (QED) is 0.0266. The number of cyclic esters (lactones) is 6. The van der Waals surface area contributed by atoms with Crippen molar-refractivity contribution >= 4 is 112 Å². The number of aliphatic imine (C=N–C) groups is 1. The molecular formula is C69H91ClN6O20. The predicted molar refractivity (Wildman–Crippen MR) is 362 cm³/mol. The topological polar surface area (TPSA) is 333 Å². The van der Waals surface area contributed by atoms with Crippen molar-refractivity contribution in [3.05, 3.63) is 151 Å². The fourth-order valence-electron chi connectivity index (χ4n) is 7.19. The zero-order chi connectivity index (χ0) is 72.3. The van der Waals surface area contributed by atoms with Crippen molar-refractivity contribution in [2.75, 3.05) is 56.0 Å². The Morgan fingerprint density at radius 2 is 0.885 bits per heavy atom. The van der Waals surface area contributed by atoms with E-state index < -0.39 is 65.1 Å². The van der Waals surface area contributed by atoms with Crippen LogP contribution in [0.5, 0.6) is 0 Å². The van der Waals surface area contributed by atoms with E-state index in [1.807, 2.05) is 79.0 Å². The first-order valence-electron chi connectivity index (χ1n) is 29.8. The maximum Gasteiger partial charge on any atom is 0.348 e. The Morgan fingerprint density at radius 1 is 0.510 bits per heavy atom. The molecule has 0 bridgehead atoms. The van der Waals surface area contributed by atoms with Crippen LogP contribution in [0.4, 0.5) is 17.1 Å². The molecule has 0 aliphatic carbocycles. The molecule has 1 amide bonds. The molecule has 96 heavy (non-hydrogen) atoms. The third kappa shape index (κ3) is 43.0. The van der Waals surface area contributed by atoms with E-state index in [9.17, 15) is 62.3 Å². The molecule has 0 radical (unpaired) electrons. The Bertz CT molecular complexity index is 3140. The summed E-state index contributed by atoms with van der Waals surface area (Å²) in [5, 5.41) is 5.84. The van der Waals surface area contributed by atoms with Gasteiger partial charge in [-0.1, -0.05) is 75.4 Å². The highest BCUT2D eigenvalue weighted by molar-refractivity contribution is 6.16. The fourth-order valence-corrected chi connectivity index (χ4v) is 7.19. The molecule has 6 rings (SSSR count). The Balaban J connectivity index is 0. The van der Waals surface area contributed by atoms with Crippen LogP contribution in [0.2, 0.25) is 0 Å². The summed E-state index contributed by atoms with van der Waals surface area (Å²) in [5.74, 6) is -9.23. The average molecular weight is 1360 g/mol. The summed E-state index contributed by atoms with van der Waals surface area (Å²) in [6, 6.07) is 28.8. The van der Waals surface area contributed by atoms with Crippen LogP contribution >= 0.6 is 12.4 Å². The smallest absolute Gasteiger partial charge is 0.348 e. The molecule has 3 aliphatic heterocycles. The summed E-state index contributed by atoms with van der Waals surface area (Å²) in [6.45, 7) is 29.2. The third-order valence-corrected chi connectivity index (χ3v) is 11.1. The number of hydrogen-bond acceptors (Lipinski definition) is 25. The average Bonchev–Trinajstić information content (AvgIpc) is 0.837. The van der Waals surface area contributed by atoms with Crippen LogP contribution < -0.4 is 15.5 Å².